The Balaban J connectivity index is 3.01. The van der Waals surface area contributed by atoms with Crippen LogP contribution in [0.15, 0.2) is 30.4 Å². The third-order valence-corrected chi connectivity index (χ3v) is 2.78. The van der Waals surface area contributed by atoms with Gasteiger partial charge in [-0.05, 0) is 31.5 Å². The summed E-state index contributed by atoms with van der Waals surface area (Å²) in [6, 6.07) is 4.78. The van der Waals surface area contributed by atoms with Crippen molar-refractivity contribution in [3.63, 3.8) is 0 Å². The molecule has 0 amide bonds. The van der Waals surface area contributed by atoms with E-state index in [2.05, 4.69) is 18.8 Å². The predicted octanol–water partition coefficient (Wildman–Crippen LogP) is 4.10. The Morgan fingerprint density at radius 1 is 1.56 bits per heavy atom. The van der Waals surface area contributed by atoms with E-state index in [1.54, 1.807) is 6.07 Å². The van der Waals surface area contributed by atoms with E-state index in [1.165, 1.54) is 6.07 Å². The maximum Gasteiger partial charge on any atom is 0.142 e. The van der Waals surface area contributed by atoms with Crippen LogP contribution in [0.2, 0.25) is 5.02 Å². The molecule has 16 heavy (non-hydrogen) atoms. The highest BCUT2D eigenvalue weighted by Gasteiger charge is 2.16. The molecule has 1 rings (SSSR count). The SMILES string of the molecule is C=C(C)C(NCCC)c1cccc(F)c1Cl. The summed E-state index contributed by atoms with van der Waals surface area (Å²) in [5, 5.41) is 3.48. The molecule has 0 saturated heterocycles. The second-order valence-electron chi connectivity index (χ2n) is 3.88. The lowest BCUT2D eigenvalue weighted by Gasteiger charge is -2.20. The van der Waals surface area contributed by atoms with Crippen LogP contribution in [0.25, 0.3) is 0 Å². The molecule has 88 valence electrons. The van der Waals surface area contributed by atoms with Gasteiger partial charge in [0.05, 0.1) is 11.1 Å². The highest BCUT2D eigenvalue weighted by atomic mass is 35.5. The largest absolute Gasteiger partial charge is 0.307 e. The van der Waals surface area contributed by atoms with Gasteiger partial charge in [-0.2, -0.15) is 0 Å². The summed E-state index contributed by atoms with van der Waals surface area (Å²) >= 11 is 5.95. The van der Waals surface area contributed by atoms with Crippen molar-refractivity contribution < 1.29 is 4.39 Å². The van der Waals surface area contributed by atoms with Crippen LogP contribution >= 0.6 is 11.6 Å². The topological polar surface area (TPSA) is 12.0 Å². The van der Waals surface area contributed by atoms with E-state index in [0.717, 1.165) is 24.1 Å². The highest BCUT2D eigenvalue weighted by Crippen LogP contribution is 2.29. The molecule has 0 bridgehead atoms. The van der Waals surface area contributed by atoms with Crippen molar-refractivity contribution in [1.82, 2.24) is 5.32 Å². The first-order valence-corrected chi connectivity index (χ1v) is 5.78. The average molecular weight is 242 g/mol. The summed E-state index contributed by atoms with van der Waals surface area (Å²) in [5.74, 6) is -0.385. The van der Waals surface area contributed by atoms with Gasteiger partial charge >= 0.3 is 0 Å². The molecule has 0 aliphatic rings. The summed E-state index contributed by atoms with van der Waals surface area (Å²) in [7, 11) is 0. The zero-order chi connectivity index (χ0) is 12.1. The lowest BCUT2D eigenvalue weighted by molar-refractivity contribution is 0.580. The van der Waals surface area contributed by atoms with Crippen LogP contribution in [0.4, 0.5) is 4.39 Å². The Labute approximate surface area is 101 Å². The molecule has 1 aromatic rings. The summed E-state index contributed by atoms with van der Waals surface area (Å²) < 4.78 is 13.3. The maximum atomic E-state index is 13.3. The zero-order valence-electron chi connectivity index (χ0n) is 9.69. The van der Waals surface area contributed by atoms with E-state index in [4.69, 9.17) is 11.6 Å². The van der Waals surface area contributed by atoms with Gasteiger partial charge in [0.2, 0.25) is 0 Å². The summed E-state index contributed by atoms with van der Waals surface area (Å²) in [5.41, 5.74) is 1.68. The van der Waals surface area contributed by atoms with Gasteiger partial charge in [-0.25, -0.2) is 4.39 Å². The normalized spacial score (nSPS) is 12.5. The minimum Gasteiger partial charge on any atom is -0.307 e. The molecule has 0 aliphatic carbocycles. The minimum atomic E-state index is -0.385. The molecule has 1 aromatic carbocycles. The molecule has 0 fully saturated rings. The third-order valence-electron chi connectivity index (χ3n) is 2.38. The van der Waals surface area contributed by atoms with Crippen molar-refractivity contribution in [2.45, 2.75) is 26.3 Å². The fraction of sp³-hybridized carbons (Fsp3) is 0.385. The lowest BCUT2D eigenvalue weighted by atomic mass is 10.0. The van der Waals surface area contributed by atoms with Crippen LogP contribution in [0.1, 0.15) is 31.9 Å². The molecular weight excluding hydrogens is 225 g/mol. The van der Waals surface area contributed by atoms with Crippen molar-refractivity contribution in [1.29, 1.82) is 0 Å². The summed E-state index contributed by atoms with van der Waals surface area (Å²) in [4.78, 5) is 0. The van der Waals surface area contributed by atoms with Gasteiger partial charge in [0.25, 0.3) is 0 Å². The van der Waals surface area contributed by atoms with E-state index < -0.39 is 0 Å². The fourth-order valence-corrected chi connectivity index (χ4v) is 1.82. The maximum absolute atomic E-state index is 13.3. The van der Waals surface area contributed by atoms with Crippen LogP contribution in [0, 0.1) is 5.82 Å². The number of hydrogen-bond donors (Lipinski definition) is 1. The molecule has 0 heterocycles. The molecule has 0 aliphatic heterocycles. The first-order chi connectivity index (χ1) is 7.57. The van der Waals surface area contributed by atoms with Gasteiger partial charge in [0, 0.05) is 0 Å². The molecule has 0 saturated carbocycles. The number of nitrogens with one attached hydrogen (secondary N) is 1. The second kappa shape index (κ2) is 6.02. The molecule has 1 unspecified atom stereocenters. The van der Waals surface area contributed by atoms with Gasteiger partial charge < -0.3 is 5.32 Å². The Kier molecular flexibility index (Phi) is 4.97. The Bertz CT molecular complexity index is 376. The van der Waals surface area contributed by atoms with Crippen molar-refractivity contribution in [3.8, 4) is 0 Å². The van der Waals surface area contributed by atoms with Crippen LogP contribution in [0.5, 0.6) is 0 Å². The van der Waals surface area contributed by atoms with E-state index in [1.807, 2.05) is 13.0 Å². The van der Waals surface area contributed by atoms with Gasteiger partial charge in [-0.15, -0.1) is 0 Å². The van der Waals surface area contributed by atoms with Crippen molar-refractivity contribution in [2.75, 3.05) is 6.54 Å². The first-order valence-electron chi connectivity index (χ1n) is 5.40. The molecule has 1 nitrogen and oxygen atoms in total. The van der Waals surface area contributed by atoms with Crippen molar-refractivity contribution in [3.05, 3.63) is 46.8 Å². The third kappa shape index (κ3) is 3.06. The van der Waals surface area contributed by atoms with Crippen LogP contribution in [-0.4, -0.2) is 6.54 Å². The summed E-state index contributed by atoms with van der Waals surface area (Å²) in [6.45, 7) is 8.75. The molecule has 0 radical (unpaired) electrons. The van der Waals surface area contributed by atoms with Crippen LogP contribution in [0.3, 0.4) is 0 Å². The number of halogens is 2. The molecule has 1 atom stereocenters. The Morgan fingerprint density at radius 3 is 2.81 bits per heavy atom. The van der Waals surface area contributed by atoms with E-state index in [-0.39, 0.29) is 16.9 Å². The number of benzene rings is 1. The fourth-order valence-electron chi connectivity index (χ4n) is 1.58. The molecule has 0 spiro atoms. The van der Waals surface area contributed by atoms with Gasteiger partial charge in [-0.3, -0.25) is 0 Å². The Morgan fingerprint density at radius 2 is 2.25 bits per heavy atom. The quantitative estimate of drug-likeness (QED) is 0.766. The smallest absolute Gasteiger partial charge is 0.142 e. The molecule has 1 N–H and O–H groups in total. The minimum absolute atomic E-state index is 0.0804. The van der Waals surface area contributed by atoms with Crippen molar-refractivity contribution >= 4 is 11.6 Å². The molecular formula is C13H17ClFN. The number of hydrogen-bond acceptors (Lipinski definition) is 1. The second-order valence-corrected chi connectivity index (χ2v) is 4.25. The molecule has 0 aromatic heterocycles. The standard InChI is InChI=1S/C13H17ClFN/c1-4-8-16-13(9(2)3)10-6-5-7-11(15)12(10)14/h5-7,13,16H,2,4,8H2,1,3H3. The average Bonchev–Trinajstić information content (AvgIpc) is 2.24. The van der Waals surface area contributed by atoms with E-state index in [9.17, 15) is 4.39 Å². The monoisotopic (exact) mass is 241 g/mol. The van der Waals surface area contributed by atoms with Gasteiger partial charge in [0.1, 0.15) is 5.82 Å². The predicted molar refractivity (Wildman–Crippen MR) is 67.3 cm³/mol. The van der Waals surface area contributed by atoms with E-state index in [0.29, 0.717) is 0 Å². The van der Waals surface area contributed by atoms with Crippen molar-refractivity contribution in [2.24, 2.45) is 0 Å². The molecule has 3 heteroatoms. The lowest BCUT2D eigenvalue weighted by Crippen LogP contribution is -2.23. The van der Waals surface area contributed by atoms with Gasteiger partial charge in [-0.1, -0.05) is 42.8 Å². The summed E-state index contributed by atoms with van der Waals surface area (Å²) in [6.07, 6.45) is 1.01. The van der Waals surface area contributed by atoms with Crippen LogP contribution < -0.4 is 5.32 Å². The van der Waals surface area contributed by atoms with Gasteiger partial charge in [0.15, 0.2) is 0 Å². The zero-order valence-corrected chi connectivity index (χ0v) is 10.4. The Hall–Kier alpha value is -0.860. The highest BCUT2D eigenvalue weighted by molar-refractivity contribution is 6.31. The van der Waals surface area contributed by atoms with Crippen LogP contribution in [-0.2, 0) is 0 Å². The van der Waals surface area contributed by atoms with E-state index >= 15 is 0 Å². The first kappa shape index (κ1) is 13.2. The number of rotatable bonds is 5.